The Morgan fingerprint density at radius 1 is 1.14 bits per heavy atom. The number of hydrogen-bond acceptors (Lipinski definition) is 4. The number of aliphatic hydroxyl groups is 1. The number of rotatable bonds is 9. The van der Waals surface area contributed by atoms with Crippen molar-refractivity contribution in [3.63, 3.8) is 0 Å². The highest BCUT2D eigenvalue weighted by atomic mass is 79.9. The summed E-state index contributed by atoms with van der Waals surface area (Å²) in [7, 11) is 0. The summed E-state index contributed by atoms with van der Waals surface area (Å²) in [6.07, 6.45) is -0.376. The first-order chi connectivity index (χ1) is 9.90. The van der Waals surface area contributed by atoms with Gasteiger partial charge in [0.15, 0.2) is 0 Å². The second-order valence-electron chi connectivity index (χ2n) is 4.77. The van der Waals surface area contributed by atoms with Crippen LogP contribution in [0.25, 0.3) is 0 Å². The number of aliphatic hydroxyl groups excluding tert-OH is 1. The van der Waals surface area contributed by atoms with Crippen LogP contribution < -0.4 is 5.32 Å². The lowest BCUT2D eigenvalue weighted by molar-refractivity contribution is -0.00734. The quantitative estimate of drug-likeness (QED) is 0.511. The third kappa shape index (κ3) is 7.95. The molecular formula is C14H20Br3NO3. The summed E-state index contributed by atoms with van der Waals surface area (Å²) in [6, 6.07) is 3.89. The van der Waals surface area contributed by atoms with E-state index in [1.54, 1.807) is 0 Å². The van der Waals surface area contributed by atoms with Gasteiger partial charge in [0.2, 0.25) is 0 Å². The molecule has 0 fully saturated rings. The zero-order valence-electron chi connectivity index (χ0n) is 12.0. The van der Waals surface area contributed by atoms with E-state index in [1.807, 2.05) is 26.0 Å². The number of halogens is 3. The summed E-state index contributed by atoms with van der Waals surface area (Å²) >= 11 is 10.4. The summed E-state index contributed by atoms with van der Waals surface area (Å²) in [5, 5.41) is 13.1. The number of ether oxygens (including phenoxy) is 2. The average molecular weight is 490 g/mol. The molecule has 1 aromatic rings. The summed E-state index contributed by atoms with van der Waals surface area (Å²) < 4.78 is 13.5. The normalized spacial score (nSPS) is 12.7. The van der Waals surface area contributed by atoms with Crippen LogP contribution in [0, 0.1) is 0 Å². The molecule has 1 unspecified atom stereocenters. The number of anilines is 1. The molecule has 0 aliphatic carbocycles. The molecule has 0 bridgehead atoms. The summed E-state index contributed by atoms with van der Waals surface area (Å²) in [4.78, 5) is 0. The van der Waals surface area contributed by atoms with Gasteiger partial charge in [-0.25, -0.2) is 0 Å². The topological polar surface area (TPSA) is 50.7 Å². The fourth-order valence-electron chi connectivity index (χ4n) is 1.55. The molecule has 0 spiro atoms. The molecule has 0 saturated carbocycles. The highest BCUT2D eigenvalue weighted by Crippen LogP contribution is 2.34. The zero-order valence-corrected chi connectivity index (χ0v) is 16.8. The Morgan fingerprint density at radius 3 is 2.33 bits per heavy atom. The van der Waals surface area contributed by atoms with E-state index < -0.39 is 6.10 Å². The molecule has 0 aliphatic heterocycles. The number of nitrogens with one attached hydrogen (secondary N) is 1. The molecule has 1 aromatic carbocycles. The molecule has 0 radical (unpaired) electrons. The second-order valence-corrected chi connectivity index (χ2v) is 7.40. The van der Waals surface area contributed by atoms with Crippen molar-refractivity contribution in [2.75, 3.05) is 31.7 Å². The Hall–Kier alpha value is 0.340. The third-order valence-electron chi connectivity index (χ3n) is 2.51. The molecule has 0 saturated heterocycles. The summed E-state index contributed by atoms with van der Waals surface area (Å²) in [5.74, 6) is 0. The molecule has 7 heteroatoms. The van der Waals surface area contributed by atoms with Crippen molar-refractivity contribution in [2.24, 2.45) is 0 Å². The molecule has 0 aliphatic rings. The maximum atomic E-state index is 9.89. The molecule has 0 amide bonds. The summed E-state index contributed by atoms with van der Waals surface area (Å²) in [6.45, 7) is 5.67. The Morgan fingerprint density at radius 2 is 1.76 bits per heavy atom. The predicted octanol–water partition coefficient (Wildman–Crippen LogP) is 4.19. The van der Waals surface area contributed by atoms with E-state index in [-0.39, 0.29) is 12.7 Å². The Balaban J connectivity index is 2.29. The highest BCUT2D eigenvalue weighted by Gasteiger charge is 2.09. The van der Waals surface area contributed by atoms with Crippen molar-refractivity contribution in [2.45, 2.75) is 26.1 Å². The molecular weight excluding hydrogens is 470 g/mol. The summed E-state index contributed by atoms with van der Waals surface area (Å²) in [5.41, 5.74) is 0.903. The minimum Gasteiger partial charge on any atom is -0.389 e. The van der Waals surface area contributed by atoms with Gasteiger partial charge in [0.05, 0.1) is 37.7 Å². The van der Waals surface area contributed by atoms with Gasteiger partial charge in [-0.3, -0.25) is 0 Å². The van der Waals surface area contributed by atoms with E-state index in [1.165, 1.54) is 0 Å². The van der Waals surface area contributed by atoms with E-state index in [4.69, 9.17) is 9.47 Å². The smallest absolute Gasteiger partial charge is 0.0945 e. The van der Waals surface area contributed by atoms with Crippen LogP contribution in [-0.4, -0.2) is 43.7 Å². The molecule has 0 heterocycles. The fraction of sp³-hybridized carbons (Fsp3) is 0.571. The standard InChI is InChI=1S/C14H20Br3NO3/c1-9(2)21-4-3-20-8-11(19)7-18-14-12(16)5-10(15)6-13(14)17/h5-6,9,11,18-19H,3-4,7-8H2,1-2H3. The maximum Gasteiger partial charge on any atom is 0.0945 e. The van der Waals surface area contributed by atoms with Gasteiger partial charge in [0.1, 0.15) is 0 Å². The second kappa shape index (κ2) is 10.2. The molecule has 21 heavy (non-hydrogen) atoms. The molecule has 1 atom stereocenters. The SMILES string of the molecule is CC(C)OCCOCC(O)CNc1c(Br)cc(Br)cc1Br. The van der Waals surface area contributed by atoms with Gasteiger partial charge in [-0.15, -0.1) is 0 Å². The van der Waals surface area contributed by atoms with Crippen LogP contribution >= 0.6 is 47.8 Å². The van der Waals surface area contributed by atoms with E-state index in [0.717, 1.165) is 19.1 Å². The molecule has 0 aromatic heterocycles. The van der Waals surface area contributed by atoms with Crippen LogP contribution in [0.15, 0.2) is 25.6 Å². The van der Waals surface area contributed by atoms with E-state index in [0.29, 0.717) is 19.8 Å². The predicted molar refractivity (Wildman–Crippen MR) is 95.9 cm³/mol. The van der Waals surface area contributed by atoms with E-state index >= 15 is 0 Å². The van der Waals surface area contributed by atoms with Crippen molar-refractivity contribution in [3.8, 4) is 0 Å². The number of hydrogen-bond donors (Lipinski definition) is 2. The Bertz CT molecular complexity index is 420. The van der Waals surface area contributed by atoms with Crippen LogP contribution in [-0.2, 0) is 9.47 Å². The molecule has 2 N–H and O–H groups in total. The monoisotopic (exact) mass is 487 g/mol. The van der Waals surface area contributed by atoms with Gasteiger partial charge in [0.25, 0.3) is 0 Å². The van der Waals surface area contributed by atoms with E-state index in [2.05, 4.69) is 53.1 Å². The highest BCUT2D eigenvalue weighted by molar-refractivity contribution is 9.11. The lowest BCUT2D eigenvalue weighted by Gasteiger charge is -2.16. The third-order valence-corrected chi connectivity index (χ3v) is 4.22. The van der Waals surface area contributed by atoms with Crippen LogP contribution in [0.1, 0.15) is 13.8 Å². The van der Waals surface area contributed by atoms with Crippen molar-refractivity contribution in [1.29, 1.82) is 0 Å². The lowest BCUT2D eigenvalue weighted by Crippen LogP contribution is -2.26. The minimum atomic E-state index is -0.577. The van der Waals surface area contributed by atoms with Crippen LogP contribution in [0.5, 0.6) is 0 Å². The van der Waals surface area contributed by atoms with Gasteiger partial charge in [-0.1, -0.05) is 15.9 Å². The first kappa shape index (κ1) is 19.4. The molecule has 1 rings (SSSR count). The Labute approximate surface area is 151 Å². The van der Waals surface area contributed by atoms with Gasteiger partial charge in [0, 0.05) is 20.0 Å². The van der Waals surface area contributed by atoms with Gasteiger partial charge < -0.3 is 19.9 Å². The minimum absolute atomic E-state index is 0.201. The fourth-order valence-corrected chi connectivity index (χ4v) is 4.09. The van der Waals surface area contributed by atoms with Crippen molar-refractivity contribution in [3.05, 3.63) is 25.6 Å². The van der Waals surface area contributed by atoms with Gasteiger partial charge in [-0.2, -0.15) is 0 Å². The van der Waals surface area contributed by atoms with Gasteiger partial charge in [-0.05, 0) is 57.8 Å². The van der Waals surface area contributed by atoms with Crippen LogP contribution in [0.3, 0.4) is 0 Å². The first-order valence-corrected chi connectivity index (χ1v) is 9.04. The van der Waals surface area contributed by atoms with Crippen LogP contribution in [0.4, 0.5) is 5.69 Å². The first-order valence-electron chi connectivity index (χ1n) is 6.66. The lowest BCUT2D eigenvalue weighted by atomic mass is 10.3. The van der Waals surface area contributed by atoms with Crippen molar-refractivity contribution in [1.82, 2.24) is 0 Å². The molecule has 4 nitrogen and oxygen atoms in total. The van der Waals surface area contributed by atoms with E-state index in [9.17, 15) is 5.11 Å². The number of benzene rings is 1. The zero-order chi connectivity index (χ0) is 15.8. The van der Waals surface area contributed by atoms with Crippen molar-refractivity contribution >= 4 is 53.5 Å². The largest absolute Gasteiger partial charge is 0.389 e. The van der Waals surface area contributed by atoms with Crippen molar-refractivity contribution < 1.29 is 14.6 Å². The molecule has 120 valence electrons. The maximum absolute atomic E-state index is 9.89. The van der Waals surface area contributed by atoms with Gasteiger partial charge >= 0.3 is 0 Å². The Kier molecular flexibility index (Phi) is 9.40. The van der Waals surface area contributed by atoms with Crippen LogP contribution in [0.2, 0.25) is 0 Å². The average Bonchev–Trinajstić information content (AvgIpc) is 2.36.